The summed E-state index contributed by atoms with van der Waals surface area (Å²) in [6, 6.07) is 3.39. The van der Waals surface area contributed by atoms with Gasteiger partial charge in [0.25, 0.3) is 11.8 Å². The molecule has 1 aromatic rings. The normalized spacial score (nSPS) is 13.2. The van der Waals surface area contributed by atoms with Gasteiger partial charge >= 0.3 is 6.09 Å². The van der Waals surface area contributed by atoms with E-state index in [1.807, 2.05) is 0 Å². The van der Waals surface area contributed by atoms with Crippen LogP contribution in [0.15, 0.2) is 30.4 Å². The number of nitrogens with zero attached hydrogens (tertiary/aromatic N) is 1. The van der Waals surface area contributed by atoms with Crippen LogP contribution in [0.5, 0.6) is 17.2 Å². The van der Waals surface area contributed by atoms with Gasteiger partial charge < -0.3 is 34.1 Å². The first-order chi connectivity index (χ1) is 16.5. The lowest BCUT2D eigenvalue weighted by atomic mass is 10.1. The Morgan fingerprint density at radius 1 is 1.06 bits per heavy atom. The first-order valence-corrected chi connectivity index (χ1v) is 10.7. The molecule has 11 heteroatoms. The van der Waals surface area contributed by atoms with E-state index in [-0.39, 0.29) is 32.3 Å². The Labute approximate surface area is 197 Å². The van der Waals surface area contributed by atoms with E-state index in [1.54, 1.807) is 24.3 Å². The zero-order valence-corrected chi connectivity index (χ0v) is 19.3. The van der Waals surface area contributed by atoms with Crippen molar-refractivity contribution in [3.63, 3.8) is 0 Å². The molecule has 3 amide bonds. The van der Waals surface area contributed by atoms with Gasteiger partial charge in [-0.15, -0.1) is 0 Å². The quantitative estimate of drug-likeness (QED) is 0.303. The minimum absolute atomic E-state index is 0.213. The van der Waals surface area contributed by atoms with Gasteiger partial charge in [-0.1, -0.05) is 6.08 Å². The number of amides is 3. The molecular formula is C23H30N2O9. The summed E-state index contributed by atoms with van der Waals surface area (Å²) in [4.78, 5) is 35.7. The fourth-order valence-electron chi connectivity index (χ4n) is 2.96. The van der Waals surface area contributed by atoms with E-state index in [0.717, 1.165) is 0 Å². The number of nitrogens with one attached hydrogen (secondary N) is 1. The first kappa shape index (κ1) is 26.7. The van der Waals surface area contributed by atoms with Crippen LogP contribution in [-0.2, 0) is 19.1 Å². The fraction of sp³-hybridized carbons (Fsp3) is 0.435. The summed E-state index contributed by atoms with van der Waals surface area (Å²) in [7, 11) is 2.98. The Balaban J connectivity index is 1.85. The Morgan fingerprint density at radius 2 is 1.71 bits per heavy atom. The molecule has 0 bridgehead atoms. The van der Waals surface area contributed by atoms with Crippen LogP contribution in [0.3, 0.4) is 0 Å². The van der Waals surface area contributed by atoms with Crippen LogP contribution in [-0.4, -0.2) is 88.3 Å². The molecule has 0 saturated heterocycles. The minimum atomic E-state index is -1.09. The maximum Gasteiger partial charge on any atom is 0.404 e. The Bertz CT molecular complexity index is 873. The van der Waals surface area contributed by atoms with Crippen LogP contribution in [0.4, 0.5) is 4.79 Å². The zero-order valence-electron chi connectivity index (χ0n) is 19.3. The van der Waals surface area contributed by atoms with E-state index in [4.69, 9.17) is 28.8 Å². The molecule has 1 aromatic carbocycles. The van der Waals surface area contributed by atoms with Gasteiger partial charge in [0.1, 0.15) is 6.61 Å². The largest absolute Gasteiger partial charge is 0.493 e. The number of ether oxygens (including phenoxy) is 5. The monoisotopic (exact) mass is 478 g/mol. The van der Waals surface area contributed by atoms with E-state index >= 15 is 0 Å². The summed E-state index contributed by atoms with van der Waals surface area (Å²) in [6.45, 7) is 2.01. The number of hydrogen-bond donors (Lipinski definition) is 2. The molecule has 186 valence electrons. The van der Waals surface area contributed by atoms with Crippen molar-refractivity contribution in [1.82, 2.24) is 10.2 Å². The lowest BCUT2D eigenvalue weighted by Gasteiger charge is -2.19. The first-order valence-electron chi connectivity index (χ1n) is 10.7. The van der Waals surface area contributed by atoms with Crippen molar-refractivity contribution in [3.8, 4) is 17.2 Å². The van der Waals surface area contributed by atoms with Gasteiger partial charge in [-0.2, -0.15) is 0 Å². The van der Waals surface area contributed by atoms with Crippen LogP contribution < -0.4 is 19.5 Å². The van der Waals surface area contributed by atoms with Crippen LogP contribution in [0.2, 0.25) is 0 Å². The number of imide groups is 1. The molecule has 0 unspecified atom stereocenters. The van der Waals surface area contributed by atoms with Gasteiger partial charge in [0, 0.05) is 19.2 Å². The number of benzene rings is 1. The number of rotatable bonds is 14. The van der Waals surface area contributed by atoms with E-state index in [1.165, 1.54) is 31.3 Å². The van der Waals surface area contributed by atoms with Gasteiger partial charge in [0.05, 0.1) is 40.6 Å². The maximum absolute atomic E-state index is 12.3. The molecule has 0 atom stereocenters. The topological polar surface area (TPSA) is 133 Å². The number of methoxy groups -OCH3 is 2. The van der Waals surface area contributed by atoms with Crippen molar-refractivity contribution >= 4 is 24.0 Å². The SMILES string of the molecule is COc1cc(C=CC(=O)N2CCC=CC2=O)cc(OC)c1OCCOCCOCCNC(=O)O. The molecule has 1 heterocycles. The van der Waals surface area contributed by atoms with Gasteiger partial charge in [-0.25, -0.2) is 4.79 Å². The predicted octanol–water partition coefficient (Wildman–Crippen LogP) is 1.71. The molecule has 0 aliphatic carbocycles. The average Bonchev–Trinajstić information content (AvgIpc) is 2.83. The highest BCUT2D eigenvalue weighted by Gasteiger charge is 2.19. The summed E-state index contributed by atoms with van der Waals surface area (Å²) in [5, 5.41) is 10.6. The second-order valence-electron chi connectivity index (χ2n) is 6.91. The minimum Gasteiger partial charge on any atom is -0.493 e. The number of hydrogen-bond acceptors (Lipinski definition) is 8. The molecule has 1 aliphatic rings. The Hall–Kier alpha value is -3.57. The highest BCUT2D eigenvalue weighted by molar-refractivity contribution is 6.06. The van der Waals surface area contributed by atoms with Crippen LogP contribution in [0.25, 0.3) is 6.08 Å². The molecule has 11 nitrogen and oxygen atoms in total. The fourth-order valence-corrected chi connectivity index (χ4v) is 2.96. The third-order valence-electron chi connectivity index (χ3n) is 4.58. The van der Waals surface area contributed by atoms with Crippen LogP contribution in [0, 0.1) is 0 Å². The van der Waals surface area contributed by atoms with Crippen LogP contribution in [0.1, 0.15) is 12.0 Å². The maximum atomic E-state index is 12.3. The molecular weight excluding hydrogens is 448 g/mol. The summed E-state index contributed by atoms with van der Waals surface area (Å²) < 4.78 is 27.3. The van der Waals surface area contributed by atoms with Gasteiger partial charge in [0.15, 0.2) is 11.5 Å². The molecule has 0 spiro atoms. The summed E-state index contributed by atoms with van der Waals surface area (Å²) >= 11 is 0. The highest BCUT2D eigenvalue weighted by Crippen LogP contribution is 2.39. The van der Waals surface area contributed by atoms with Crippen molar-refractivity contribution < 1.29 is 43.2 Å². The van der Waals surface area contributed by atoms with Crippen molar-refractivity contribution in [1.29, 1.82) is 0 Å². The third-order valence-corrected chi connectivity index (χ3v) is 4.58. The highest BCUT2D eigenvalue weighted by atomic mass is 16.6. The number of carbonyl (C=O) groups excluding carboxylic acids is 2. The summed E-state index contributed by atoms with van der Waals surface area (Å²) in [5.74, 6) is 0.496. The van der Waals surface area contributed by atoms with Gasteiger partial charge in [-0.3, -0.25) is 14.5 Å². The third kappa shape index (κ3) is 8.75. The second-order valence-corrected chi connectivity index (χ2v) is 6.91. The van der Waals surface area contributed by atoms with Crippen molar-refractivity contribution in [2.75, 3.05) is 60.3 Å². The molecule has 0 aromatic heterocycles. The van der Waals surface area contributed by atoms with Crippen LogP contribution >= 0.6 is 0 Å². The van der Waals surface area contributed by atoms with E-state index in [0.29, 0.717) is 49.0 Å². The zero-order chi connectivity index (χ0) is 24.8. The average molecular weight is 478 g/mol. The molecule has 2 N–H and O–H groups in total. The second kappa shape index (κ2) is 14.6. The molecule has 0 saturated carbocycles. The Morgan fingerprint density at radius 3 is 2.32 bits per heavy atom. The van der Waals surface area contributed by atoms with Gasteiger partial charge in [0.2, 0.25) is 5.75 Å². The molecule has 0 fully saturated rings. The number of carbonyl (C=O) groups is 3. The Kier molecular flexibility index (Phi) is 11.4. The van der Waals surface area contributed by atoms with E-state index in [2.05, 4.69) is 5.32 Å². The standard InChI is InChI=1S/C23H30N2O9/c1-30-18-15-17(6-7-21(27)25-9-4-3-5-20(25)26)16-19(31-2)22(18)34-14-13-33-12-11-32-10-8-24-23(28)29/h3,5-7,15-16,24H,4,8-14H2,1-2H3,(H,28,29). The molecule has 34 heavy (non-hydrogen) atoms. The van der Waals surface area contributed by atoms with Gasteiger partial charge in [-0.05, 0) is 36.3 Å². The van der Waals surface area contributed by atoms with Crippen molar-refractivity contribution in [2.24, 2.45) is 0 Å². The predicted molar refractivity (Wildman–Crippen MR) is 122 cm³/mol. The summed E-state index contributed by atoms with van der Waals surface area (Å²) in [6.07, 6.45) is 5.60. The van der Waals surface area contributed by atoms with E-state index in [9.17, 15) is 14.4 Å². The molecule has 2 rings (SSSR count). The molecule has 1 aliphatic heterocycles. The van der Waals surface area contributed by atoms with E-state index < -0.39 is 12.0 Å². The smallest absolute Gasteiger partial charge is 0.404 e. The lowest BCUT2D eigenvalue weighted by Crippen LogP contribution is -2.37. The van der Waals surface area contributed by atoms with Crippen molar-refractivity contribution in [3.05, 3.63) is 35.9 Å². The number of carboxylic acid groups (broad SMARTS) is 1. The summed E-state index contributed by atoms with van der Waals surface area (Å²) in [5.41, 5.74) is 0.639. The van der Waals surface area contributed by atoms with Crippen molar-refractivity contribution in [2.45, 2.75) is 6.42 Å². The molecule has 0 radical (unpaired) electrons. The lowest BCUT2D eigenvalue weighted by molar-refractivity contribution is -0.139.